The number of alkyl halides is 3. The van der Waals surface area contributed by atoms with Crippen LogP contribution in [-0.4, -0.2) is 39.8 Å². The number of benzene rings is 1. The van der Waals surface area contributed by atoms with Gasteiger partial charge in [0.2, 0.25) is 5.91 Å². The van der Waals surface area contributed by atoms with E-state index in [1.54, 1.807) is 17.2 Å². The van der Waals surface area contributed by atoms with Gasteiger partial charge in [-0.2, -0.15) is 13.2 Å². The second-order valence-electron chi connectivity index (χ2n) is 10.7. The van der Waals surface area contributed by atoms with Gasteiger partial charge in [0.25, 0.3) is 5.91 Å². The van der Waals surface area contributed by atoms with Crippen molar-refractivity contribution < 1.29 is 27.2 Å². The van der Waals surface area contributed by atoms with E-state index in [0.29, 0.717) is 48.3 Å². The van der Waals surface area contributed by atoms with Crippen molar-refractivity contribution in [2.45, 2.75) is 89.1 Å². The minimum absolute atomic E-state index is 0.0393. The topological polar surface area (TPSA) is 74.3 Å². The fourth-order valence-corrected chi connectivity index (χ4v) is 5.37. The van der Waals surface area contributed by atoms with Gasteiger partial charge in [0.15, 0.2) is 0 Å². The number of hydrogen-bond donors (Lipinski definition) is 2. The third kappa shape index (κ3) is 5.49. The van der Waals surface area contributed by atoms with Crippen LogP contribution >= 0.6 is 0 Å². The highest BCUT2D eigenvalue weighted by atomic mass is 19.4. The lowest BCUT2D eigenvalue weighted by Gasteiger charge is -2.31. The van der Waals surface area contributed by atoms with Gasteiger partial charge in [-0.15, -0.1) is 0 Å². The quantitative estimate of drug-likeness (QED) is 0.423. The molecule has 0 bridgehead atoms. The first-order valence-corrected chi connectivity index (χ1v) is 13.3. The molecular formula is C28H32F4N4O2. The fourth-order valence-electron chi connectivity index (χ4n) is 5.37. The number of carbonyl (C=O) groups is 2. The second-order valence-corrected chi connectivity index (χ2v) is 10.7. The fraction of sp³-hybridized carbons (Fsp3) is 0.536. The first-order chi connectivity index (χ1) is 18.1. The van der Waals surface area contributed by atoms with E-state index in [9.17, 15) is 27.2 Å². The Hall–Kier alpha value is -3.17. The molecule has 2 heterocycles. The van der Waals surface area contributed by atoms with Crippen molar-refractivity contribution >= 4 is 17.5 Å². The summed E-state index contributed by atoms with van der Waals surface area (Å²) in [6, 6.07) is 2.84. The number of anilines is 1. The Balaban J connectivity index is 1.40. The minimum atomic E-state index is -4.66. The molecule has 38 heavy (non-hydrogen) atoms. The van der Waals surface area contributed by atoms with Gasteiger partial charge < -0.3 is 15.5 Å². The normalized spacial score (nSPS) is 22.3. The van der Waals surface area contributed by atoms with Crippen molar-refractivity contribution in [3.8, 4) is 0 Å². The van der Waals surface area contributed by atoms with Crippen LogP contribution in [0.15, 0.2) is 30.5 Å². The van der Waals surface area contributed by atoms with Crippen LogP contribution in [0.1, 0.15) is 85.1 Å². The second kappa shape index (κ2) is 10.2. The standard InChI is InChI=1S/C28H32F4N4O2/c1-3-19-9-11-24(36(19)27(38)21-12-15(2)33-14-23(21)34-18-7-8-18)26(37)35-25(16-4-5-16)20-10-6-17(13-22(20)29)28(30,31)32/h6,10,12-14,16,18-19,24-25,34H,3-5,7-9,11H2,1-2H3,(H,35,37)/t19-,24-,25?/m1/s1. The number of rotatable bonds is 8. The molecule has 2 aromatic rings. The summed E-state index contributed by atoms with van der Waals surface area (Å²) >= 11 is 0. The molecule has 204 valence electrons. The van der Waals surface area contributed by atoms with Crippen LogP contribution in [0.25, 0.3) is 0 Å². The van der Waals surface area contributed by atoms with E-state index in [1.165, 1.54) is 0 Å². The number of pyridine rings is 1. The van der Waals surface area contributed by atoms with Crippen LogP contribution in [0.3, 0.4) is 0 Å². The number of carbonyl (C=O) groups excluding carboxylic acids is 2. The van der Waals surface area contributed by atoms with Crippen molar-refractivity contribution in [3.05, 3.63) is 58.7 Å². The molecule has 0 spiro atoms. The molecule has 1 saturated heterocycles. The van der Waals surface area contributed by atoms with Crippen molar-refractivity contribution in [1.29, 1.82) is 0 Å². The summed E-state index contributed by atoms with van der Waals surface area (Å²) in [7, 11) is 0. The number of likely N-dealkylation sites (tertiary alicyclic amines) is 1. The average molecular weight is 533 g/mol. The highest BCUT2D eigenvalue weighted by Crippen LogP contribution is 2.43. The third-order valence-electron chi connectivity index (χ3n) is 7.77. The van der Waals surface area contributed by atoms with Gasteiger partial charge in [-0.3, -0.25) is 14.6 Å². The van der Waals surface area contributed by atoms with Gasteiger partial charge in [-0.1, -0.05) is 13.0 Å². The summed E-state index contributed by atoms with van der Waals surface area (Å²) in [6.07, 6.45) is 2.31. The molecule has 5 rings (SSSR count). The van der Waals surface area contributed by atoms with Gasteiger partial charge in [0, 0.05) is 23.3 Å². The number of halogens is 4. The summed E-state index contributed by atoms with van der Waals surface area (Å²) in [5, 5.41) is 6.26. The molecule has 2 amide bonds. The molecule has 10 heteroatoms. The molecule has 1 unspecified atom stereocenters. The Kier molecular flexibility index (Phi) is 7.09. The first-order valence-electron chi connectivity index (χ1n) is 13.3. The number of nitrogens with one attached hydrogen (secondary N) is 2. The van der Waals surface area contributed by atoms with Crippen molar-refractivity contribution in [3.63, 3.8) is 0 Å². The zero-order valence-corrected chi connectivity index (χ0v) is 21.4. The van der Waals surface area contributed by atoms with Gasteiger partial charge in [-0.05, 0) is 76.0 Å². The van der Waals surface area contributed by atoms with E-state index < -0.39 is 35.5 Å². The Bertz CT molecular complexity index is 1230. The number of amides is 2. The first kappa shape index (κ1) is 26.4. The molecule has 2 N–H and O–H groups in total. The van der Waals surface area contributed by atoms with Crippen molar-refractivity contribution in [1.82, 2.24) is 15.2 Å². The number of nitrogens with zero attached hydrogens (tertiary/aromatic N) is 2. The molecular weight excluding hydrogens is 500 g/mol. The zero-order chi connectivity index (χ0) is 27.2. The van der Waals surface area contributed by atoms with Gasteiger partial charge in [0.1, 0.15) is 11.9 Å². The summed E-state index contributed by atoms with van der Waals surface area (Å²) in [5.41, 5.74) is 0.773. The minimum Gasteiger partial charge on any atom is -0.380 e. The lowest BCUT2D eigenvalue weighted by atomic mass is 9.99. The summed E-state index contributed by atoms with van der Waals surface area (Å²) < 4.78 is 54.0. The number of aryl methyl sites for hydroxylation is 1. The molecule has 3 aliphatic rings. The molecule has 3 atom stereocenters. The van der Waals surface area contributed by atoms with Gasteiger partial charge in [-0.25, -0.2) is 4.39 Å². The van der Waals surface area contributed by atoms with Gasteiger partial charge >= 0.3 is 6.18 Å². The molecule has 1 aliphatic heterocycles. The predicted octanol–water partition coefficient (Wildman–Crippen LogP) is 5.77. The van der Waals surface area contributed by atoms with E-state index >= 15 is 0 Å². The maximum Gasteiger partial charge on any atom is 0.416 e. The van der Waals surface area contributed by atoms with Crippen molar-refractivity contribution in [2.24, 2.45) is 5.92 Å². The monoisotopic (exact) mass is 532 g/mol. The lowest BCUT2D eigenvalue weighted by molar-refractivity contribution is -0.137. The van der Waals surface area contributed by atoms with Crippen LogP contribution < -0.4 is 10.6 Å². The molecule has 1 aromatic heterocycles. The highest BCUT2D eigenvalue weighted by Gasteiger charge is 2.44. The van der Waals surface area contributed by atoms with Crippen LogP contribution in [0.2, 0.25) is 0 Å². The van der Waals surface area contributed by atoms with Crippen LogP contribution in [0.5, 0.6) is 0 Å². The highest BCUT2D eigenvalue weighted by molar-refractivity contribution is 6.02. The van der Waals surface area contributed by atoms with E-state index in [4.69, 9.17) is 0 Å². The number of hydrogen-bond acceptors (Lipinski definition) is 4. The summed E-state index contributed by atoms with van der Waals surface area (Å²) in [6.45, 7) is 3.78. The lowest BCUT2D eigenvalue weighted by Crippen LogP contribution is -2.50. The Labute approximate surface area is 219 Å². The number of aromatic nitrogens is 1. The molecule has 2 saturated carbocycles. The maximum absolute atomic E-state index is 14.9. The van der Waals surface area contributed by atoms with E-state index in [1.807, 2.05) is 13.8 Å². The Morgan fingerprint density at radius 1 is 1.11 bits per heavy atom. The smallest absolute Gasteiger partial charge is 0.380 e. The molecule has 2 aliphatic carbocycles. The van der Waals surface area contributed by atoms with Crippen LogP contribution in [0.4, 0.5) is 23.2 Å². The van der Waals surface area contributed by atoms with E-state index in [-0.39, 0.29) is 23.4 Å². The predicted molar refractivity (Wildman–Crippen MR) is 134 cm³/mol. The zero-order valence-electron chi connectivity index (χ0n) is 21.4. The molecule has 0 radical (unpaired) electrons. The molecule has 3 fully saturated rings. The Morgan fingerprint density at radius 3 is 2.45 bits per heavy atom. The third-order valence-corrected chi connectivity index (χ3v) is 7.77. The summed E-state index contributed by atoms with van der Waals surface area (Å²) in [4.78, 5) is 33.5. The molecule has 6 nitrogen and oxygen atoms in total. The Morgan fingerprint density at radius 2 is 1.84 bits per heavy atom. The molecule has 1 aromatic carbocycles. The van der Waals surface area contributed by atoms with Crippen molar-refractivity contribution in [2.75, 3.05) is 5.32 Å². The van der Waals surface area contributed by atoms with E-state index in [0.717, 1.165) is 37.8 Å². The van der Waals surface area contributed by atoms with Gasteiger partial charge in [0.05, 0.1) is 29.1 Å². The summed E-state index contributed by atoms with van der Waals surface area (Å²) in [5.74, 6) is -1.72. The SMILES string of the molecule is CC[C@@H]1CC[C@H](C(=O)NC(c2ccc(C(F)(F)F)cc2F)C2CC2)N1C(=O)c1cc(C)ncc1NC1CC1. The van der Waals surface area contributed by atoms with Crippen LogP contribution in [0, 0.1) is 18.7 Å². The maximum atomic E-state index is 14.9. The van der Waals surface area contributed by atoms with Crippen LogP contribution in [-0.2, 0) is 11.0 Å². The van der Waals surface area contributed by atoms with E-state index in [2.05, 4.69) is 15.6 Å². The average Bonchev–Trinajstić information content (AvgIpc) is 3.81. The largest absolute Gasteiger partial charge is 0.416 e.